The number of hydrogen-bond donors (Lipinski definition) is 1. The highest BCUT2D eigenvalue weighted by Gasteiger charge is 2.37. The molecule has 0 saturated carbocycles. The first-order valence-corrected chi connectivity index (χ1v) is 7.85. The number of anilines is 1. The van der Waals surface area contributed by atoms with Crippen molar-refractivity contribution in [2.24, 2.45) is 0 Å². The van der Waals surface area contributed by atoms with Crippen LogP contribution in [0.1, 0.15) is 18.5 Å². The zero-order chi connectivity index (χ0) is 18.2. The Hall–Kier alpha value is -2.35. The molecule has 0 spiro atoms. The van der Waals surface area contributed by atoms with E-state index >= 15 is 0 Å². The van der Waals surface area contributed by atoms with Gasteiger partial charge in [0.05, 0.1) is 5.69 Å². The lowest BCUT2D eigenvalue weighted by atomic mass is 10.1. The van der Waals surface area contributed by atoms with E-state index in [0.717, 1.165) is 6.07 Å². The Balaban J connectivity index is 2.10. The monoisotopic (exact) mass is 371 g/mol. The van der Waals surface area contributed by atoms with E-state index in [1.54, 1.807) is 24.3 Å². The minimum absolute atomic E-state index is 0.0602. The first kappa shape index (κ1) is 17.5. The third-order valence-electron chi connectivity index (χ3n) is 3.94. The molecule has 1 saturated heterocycles. The maximum absolute atomic E-state index is 13.2. The van der Waals surface area contributed by atoms with Crippen LogP contribution in [0.4, 0.5) is 19.1 Å². The average molecular weight is 372 g/mol. The number of aliphatic carboxylic acids is 1. The van der Waals surface area contributed by atoms with Crippen LogP contribution in [0.25, 0.3) is 11.3 Å². The van der Waals surface area contributed by atoms with E-state index in [-0.39, 0.29) is 11.6 Å². The molecular formula is C16H13ClF3N3O2. The first-order chi connectivity index (χ1) is 11.8. The van der Waals surface area contributed by atoms with Gasteiger partial charge in [0, 0.05) is 17.1 Å². The number of carbonyl (C=O) groups is 1. The largest absolute Gasteiger partial charge is 0.480 e. The second kappa shape index (κ2) is 6.51. The standard InChI is InChI=1S/C16H13ClF3N3O2/c17-10-5-3-9(4-6-10)11-8-13(16(18,19)20)22-15(21-11)23-7-1-2-12(23)14(24)25/h3-6,8,12H,1-2,7H2,(H,24,25)/t12-/m1/s1. The van der Waals surface area contributed by atoms with Gasteiger partial charge in [0.25, 0.3) is 0 Å². The lowest BCUT2D eigenvalue weighted by Crippen LogP contribution is -2.37. The first-order valence-electron chi connectivity index (χ1n) is 7.47. The topological polar surface area (TPSA) is 66.3 Å². The molecule has 1 aliphatic rings. The van der Waals surface area contributed by atoms with E-state index in [9.17, 15) is 23.1 Å². The summed E-state index contributed by atoms with van der Waals surface area (Å²) in [7, 11) is 0. The zero-order valence-electron chi connectivity index (χ0n) is 12.8. The van der Waals surface area contributed by atoms with E-state index in [2.05, 4.69) is 9.97 Å². The SMILES string of the molecule is O=C(O)[C@H]1CCCN1c1nc(-c2ccc(Cl)cc2)cc(C(F)(F)F)n1. The summed E-state index contributed by atoms with van der Waals surface area (Å²) in [5.74, 6) is -1.34. The summed E-state index contributed by atoms with van der Waals surface area (Å²) in [6.45, 7) is 0.290. The summed E-state index contributed by atoms with van der Waals surface area (Å²) in [4.78, 5) is 20.4. The minimum Gasteiger partial charge on any atom is -0.480 e. The molecule has 0 aliphatic carbocycles. The number of carboxylic acids is 1. The number of aromatic nitrogens is 2. The Bertz CT molecular complexity index is 796. The summed E-state index contributed by atoms with van der Waals surface area (Å²) < 4.78 is 39.7. The predicted octanol–water partition coefficient (Wildman–Crippen LogP) is 3.87. The lowest BCUT2D eigenvalue weighted by Gasteiger charge is -2.22. The van der Waals surface area contributed by atoms with Gasteiger partial charge in [-0.25, -0.2) is 14.8 Å². The molecule has 0 amide bonds. The van der Waals surface area contributed by atoms with Gasteiger partial charge >= 0.3 is 12.1 Å². The molecule has 132 valence electrons. The number of rotatable bonds is 3. The number of hydrogen-bond acceptors (Lipinski definition) is 4. The van der Waals surface area contributed by atoms with Crippen LogP contribution < -0.4 is 4.90 Å². The van der Waals surface area contributed by atoms with Crippen molar-refractivity contribution in [2.45, 2.75) is 25.1 Å². The van der Waals surface area contributed by atoms with Gasteiger partial charge in [-0.2, -0.15) is 13.2 Å². The third kappa shape index (κ3) is 3.68. The zero-order valence-corrected chi connectivity index (χ0v) is 13.6. The van der Waals surface area contributed by atoms with E-state index in [4.69, 9.17) is 11.6 Å². The predicted molar refractivity (Wildman–Crippen MR) is 85.5 cm³/mol. The van der Waals surface area contributed by atoms with Gasteiger partial charge in [-0.05, 0) is 31.0 Å². The van der Waals surface area contributed by atoms with Gasteiger partial charge in [0.2, 0.25) is 5.95 Å². The maximum atomic E-state index is 13.2. The Morgan fingerprint density at radius 1 is 1.24 bits per heavy atom. The second-order valence-electron chi connectivity index (χ2n) is 5.63. The molecule has 2 aromatic rings. The van der Waals surface area contributed by atoms with Gasteiger partial charge in [0.1, 0.15) is 6.04 Å². The van der Waals surface area contributed by atoms with Crippen molar-refractivity contribution in [3.8, 4) is 11.3 Å². The number of halogens is 4. The number of benzene rings is 1. The normalized spacial score (nSPS) is 17.8. The molecule has 2 heterocycles. The molecule has 9 heteroatoms. The van der Waals surface area contributed by atoms with Crippen LogP contribution in [0.5, 0.6) is 0 Å². The fourth-order valence-corrected chi connectivity index (χ4v) is 2.87. The van der Waals surface area contributed by atoms with E-state index in [0.29, 0.717) is 30.0 Å². The van der Waals surface area contributed by atoms with Gasteiger partial charge in [-0.3, -0.25) is 0 Å². The molecule has 1 aromatic carbocycles. The Morgan fingerprint density at radius 2 is 1.92 bits per heavy atom. The van der Waals surface area contributed by atoms with Crippen LogP contribution in [0.15, 0.2) is 30.3 Å². The smallest absolute Gasteiger partial charge is 0.433 e. The molecule has 1 N–H and O–H groups in total. The fraction of sp³-hybridized carbons (Fsp3) is 0.312. The van der Waals surface area contributed by atoms with Gasteiger partial charge in [0.15, 0.2) is 5.69 Å². The summed E-state index contributed by atoms with van der Waals surface area (Å²) >= 11 is 5.81. The molecule has 3 rings (SSSR count). The maximum Gasteiger partial charge on any atom is 0.433 e. The van der Waals surface area contributed by atoms with Gasteiger partial charge in [-0.1, -0.05) is 23.7 Å². The summed E-state index contributed by atoms with van der Waals surface area (Å²) in [5, 5.41) is 9.70. The number of nitrogens with zero attached hydrogens (tertiary/aromatic N) is 3. The van der Waals surface area contributed by atoms with Crippen LogP contribution in [0, 0.1) is 0 Å². The van der Waals surface area contributed by atoms with Crippen LogP contribution in [0.2, 0.25) is 5.02 Å². The highest BCUT2D eigenvalue weighted by Crippen LogP contribution is 2.33. The second-order valence-corrected chi connectivity index (χ2v) is 6.07. The molecule has 1 atom stereocenters. The molecule has 0 bridgehead atoms. The highest BCUT2D eigenvalue weighted by molar-refractivity contribution is 6.30. The number of carboxylic acid groups (broad SMARTS) is 1. The molecule has 1 aromatic heterocycles. The Labute approximate surface area is 146 Å². The molecular weight excluding hydrogens is 359 g/mol. The highest BCUT2D eigenvalue weighted by atomic mass is 35.5. The van der Waals surface area contributed by atoms with Crippen molar-refractivity contribution in [1.29, 1.82) is 0 Å². The average Bonchev–Trinajstić information content (AvgIpc) is 3.04. The van der Waals surface area contributed by atoms with Crippen molar-refractivity contribution in [3.05, 3.63) is 41.0 Å². The number of alkyl halides is 3. The molecule has 0 radical (unpaired) electrons. The Kier molecular flexibility index (Phi) is 4.55. The molecule has 0 unspecified atom stereocenters. The summed E-state index contributed by atoms with van der Waals surface area (Å²) in [6.07, 6.45) is -3.78. The van der Waals surface area contributed by atoms with Crippen molar-refractivity contribution in [1.82, 2.24) is 9.97 Å². The fourth-order valence-electron chi connectivity index (χ4n) is 2.74. The molecule has 25 heavy (non-hydrogen) atoms. The minimum atomic E-state index is -4.67. The van der Waals surface area contributed by atoms with Crippen LogP contribution >= 0.6 is 11.6 Å². The lowest BCUT2D eigenvalue weighted by molar-refractivity contribution is -0.141. The van der Waals surface area contributed by atoms with E-state index in [1.165, 1.54) is 4.90 Å². The molecule has 1 aliphatic heterocycles. The van der Waals surface area contributed by atoms with Crippen molar-refractivity contribution < 1.29 is 23.1 Å². The molecule has 5 nitrogen and oxygen atoms in total. The van der Waals surface area contributed by atoms with Crippen LogP contribution in [0.3, 0.4) is 0 Å². The van der Waals surface area contributed by atoms with E-state index < -0.39 is 23.9 Å². The van der Waals surface area contributed by atoms with Crippen molar-refractivity contribution >= 4 is 23.5 Å². The Morgan fingerprint density at radius 3 is 2.52 bits per heavy atom. The molecule has 1 fully saturated rings. The summed E-state index contributed by atoms with van der Waals surface area (Å²) in [6, 6.07) is 6.10. The van der Waals surface area contributed by atoms with Crippen molar-refractivity contribution in [3.63, 3.8) is 0 Å². The van der Waals surface area contributed by atoms with Crippen LogP contribution in [-0.2, 0) is 11.0 Å². The van der Waals surface area contributed by atoms with E-state index in [1.807, 2.05) is 0 Å². The van der Waals surface area contributed by atoms with Gasteiger partial charge in [-0.15, -0.1) is 0 Å². The quantitative estimate of drug-likeness (QED) is 0.887. The van der Waals surface area contributed by atoms with Gasteiger partial charge < -0.3 is 10.0 Å². The van der Waals surface area contributed by atoms with Crippen molar-refractivity contribution in [2.75, 3.05) is 11.4 Å². The summed E-state index contributed by atoms with van der Waals surface area (Å²) in [5.41, 5.74) is -0.617. The third-order valence-corrected chi connectivity index (χ3v) is 4.19. The van der Waals surface area contributed by atoms with Crippen LogP contribution in [-0.4, -0.2) is 33.6 Å².